The third-order valence-electron chi connectivity index (χ3n) is 4.30. The van der Waals surface area contributed by atoms with E-state index in [0.717, 1.165) is 34.1 Å². The Labute approximate surface area is 140 Å². The summed E-state index contributed by atoms with van der Waals surface area (Å²) in [4.78, 5) is 30.6. The van der Waals surface area contributed by atoms with Crippen LogP contribution in [-0.2, 0) is 13.0 Å². The smallest absolute Gasteiger partial charge is 0.253 e. The number of aromatic amines is 2. The molecule has 124 valence electrons. The number of rotatable bonds is 4. The number of H-pyrrole nitrogens is 2. The number of amides is 1. The van der Waals surface area contributed by atoms with E-state index in [1.807, 2.05) is 38.2 Å². The molecule has 24 heavy (non-hydrogen) atoms. The van der Waals surface area contributed by atoms with Gasteiger partial charge in [-0.1, -0.05) is 6.92 Å². The van der Waals surface area contributed by atoms with Crippen molar-refractivity contribution in [3.05, 3.63) is 68.8 Å². The van der Waals surface area contributed by atoms with E-state index in [9.17, 15) is 9.59 Å². The van der Waals surface area contributed by atoms with Gasteiger partial charge in [0, 0.05) is 40.5 Å². The summed E-state index contributed by atoms with van der Waals surface area (Å²) in [5.74, 6) is -0.172. The Bertz CT molecular complexity index is 966. The van der Waals surface area contributed by atoms with Crippen LogP contribution in [0, 0.1) is 13.8 Å². The van der Waals surface area contributed by atoms with E-state index < -0.39 is 0 Å². The number of fused-ring (bicyclic) bond motifs is 1. The Morgan fingerprint density at radius 1 is 1.21 bits per heavy atom. The fourth-order valence-electron chi connectivity index (χ4n) is 2.98. The second kappa shape index (κ2) is 6.35. The van der Waals surface area contributed by atoms with E-state index in [1.165, 1.54) is 0 Å². The lowest BCUT2D eigenvalue weighted by Gasteiger charge is -2.10. The van der Waals surface area contributed by atoms with Crippen LogP contribution in [0.4, 0.5) is 0 Å². The third kappa shape index (κ3) is 2.97. The van der Waals surface area contributed by atoms with E-state index in [-0.39, 0.29) is 18.0 Å². The highest BCUT2D eigenvalue weighted by atomic mass is 16.1. The summed E-state index contributed by atoms with van der Waals surface area (Å²) in [7, 11) is 0. The minimum Gasteiger partial charge on any atom is -0.361 e. The molecule has 0 fully saturated rings. The van der Waals surface area contributed by atoms with Crippen LogP contribution in [0.1, 0.15) is 39.7 Å². The summed E-state index contributed by atoms with van der Waals surface area (Å²) in [5.41, 5.74) is 4.81. The lowest BCUT2D eigenvalue weighted by Crippen LogP contribution is -2.28. The minimum atomic E-state index is -0.172. The first-order chi connectivity index (χ1) is 11.5. The van der Waals surface area contributed by atoms with Crippen molar-refractivity contribution in [1.29, 1.82) is 0 Å². The summed E-state index contributed by atoms with van der Waals surface area (Å²) in [6, 6.07) is 7.78. The van der Waals surface area contributed by atoms with Gasteiger partial charge in [-0.15, -0.1) is 0 Å². The monoisotopic (exact) mass is 323 g/mol. The van der Waals surface area contributed by atoms with Crippen LogP contribution < -0.4 is 10.9 Å². The van der Waals surface area contributed by atoms with Crippen molar-refractivity contribution in [3.8, 4) is 0 Å². The molecule has 0 aliphatic rings. The number of aryl methyl sites for hydroxylation is 3. The molecule has 3 rings (SSSR count). The van der Waals surface area contributed by atoms with Gasteiger partial charge < -0.3 is 15.3 Å². The Kier molecular flexibility index (Phi) is 4.25. The second-order valence-electron chi connectivity index (χ2n) is 6.06. The molecule has 2 heterocycles. The van der Waals surface area contributed by atoms with Crippen molar-refractivity contribution < 1.29 is 4.79 Å². The number of pyridine rings is 1. The van der Waals surface area contributed by atoms with E-state index in [0.29, 0.717) is 11.1 Å². The summed E-state index contributed by atoms with van der Waals surface area (Å²) in [6.45, 7) is 5.99. The number of aromatic nitrogens is 2. The van der Waals surface area contributed by atoms with E-state index in [4.69, 9.17) is 0 Å². The number of nitrogens with one attached hydrogen (secondary N) is 3. The van der Waals surface area contributed by atoms with Gasteiger partial charge in [0.05, 0.1) is 0 Å². The normalized spacial score (nSPS) is 11.0. The van der Waals surface area contributed by atoms with Gasteiger partial charge in [-0.25, -0.2) is 0 Å². The highest BCUT2D eigenvalue weighted by Gasteiger charge is 2.13. The molecule has 0 aliphatic carbocycles. The Morgan fingerprint density at radius 2 is 2.00 bits per heavy atom. The maximum absolute atomic E-state index is 12.7. The van der Waals surface area contributed by atoms with Crippen molar-refractivity contribution in [2.24, 2.45) is 0 Å². The molecule has 5 nitrogen and oxygen atoms in total. The summed E-state index contributed by atoms with van der Waals surface area (Å²) in [6.07, 6.45) is 2.68. The molecular weight excluding hydrogens is 302 g/mol. The quantitative estimate of drug-likeness (QED) is 0.690. The average Bonchev–Trinajstić information content (AvgIpc) is 3.00. The van der Waals surface area contributed by atoms with Gasteiger partial charge in [-0.2, -0.15) is 0 Å². The van der Waals surface area contributed by atoms with Gasteiger partial charge in [0.1, 0.15) is 0 Å². The van der Waals surface area contributed by atoms with Crippen molar-refractivity contribution in [2.75, 3.05) is 0 Å². The van der Waals surface area contributed by atoms with Gasteiger partial charge in [-0.05, 0) is 55.7 Å². The van der Waals surface area contributed by atoms with Crippen molar-refractivity contribution in [3.63, 3.8) is 0 Å². The minimum absolute atomic E-state index is 0.151. The molecule has 0 aliphatic heterocycles. The molecule has 3 N–H and O–H groups in total. The van der Waals surface area contributed by atoms with E-state index >= 15 is 0 Å². The molecule has 0 unspecified atom stereocenters. The summed E-state index contributed by atoms with van der Waals surface area (Å²) < 4.78 is 0. The van der Waals surface area contributed by atoms with Gasteiger partial charge in [0.2, 0.25) is 0 Å². The zero-order chi connectivity index (χ0) is 17.3. The Morgan fingerprint density at radius 3 is 2.71 bits per heavy atom. The fraction of sp³-hybridized carbons (Fsp3) is 0.263. The third-order valence-corrected chi connectivity index (χ3v) is 4.30. The maximum Gasteiger partial charge on any atom is 0.253 e. The van der Waals surface area contributed by atoms with Crippen LogP contribution in [0.5, 0.6) is 0 Å². The van der Waals surface area contributed by atoms with Crippen LogP contribution in [0.15, 0.2) is 35.3 Å². The SMILES string of the molecule is CCc1cc(C(=O)NCc2c(C)cc(C)[nH]c2=O)c2cc[nH]c2c1. The topological polar surface area (TPSA) is 77.8 Å². The van der Waals surface area contributed by atoms with Crippen molar-refractivity contribution in [1.82, 2.24) is 15.3 Å². The maximum atomic E-state index is 12.7. The highest BCUT2D eigenvalue weighted by molar-refractivity contribution is 6.06. The molecular formula is C19H21N3O2. The van der Waals surface area contributed by atoms with Crippen LogP contribution in [-0.4, -0.2) is 15.9 Å². The molecule has 2 aromatic heterocycles. The lowest BCUT2D eigenvalue weighted by atomic mass is 10.0. The first-order valence-corrected chi connectivity index (χ1v) is 8.07. The predicted octanol–water partition coefficient (Wildman–Crippen LogP) is 2.97. The molecule has 0 radical (unpaired) electrons. The van der Waals surface area contributed by atoms with Gasteiger partial charge in [0.25, 0.3) is 11.5 Å². The molecule has 3 aromatic rings. The van der Waals surface area contributed by atoms with Crippen LogP contribution in [0.3, 0.4) is 0 Å². The molecule has 0 saturated carbocycles. The Balaban J connectivity index is 1.89. The lowest BCUT2D eigenvalue weighted by molar-refractivity contribution is 0.0952. The van der Waals surface area contributed by atoms with Gasteiger partial charge in [-0.3, -0.25) is 9.59 Å². The molecule has 5 heteroatoms. The first kappa shape index (κ1) is 16.1. The number of benzene rings is 1. The van der Waals surface area contributed by atoms with E-state index in [2.05, 4.69) is 28.3 Å². The second-order valence-corrected chi connectivity index (χ2v) is 6.06. The standard InChI is InChI=1S/C19H21N3O2/c1-4-13-8-15(14-5-6-20-17(14)9-13)18(23)21-10-16-11(2)7-12(3)22-19(16)24/h5-9,20H,4,10H2,1-3H3,(H,21,23)(H,22,24). The number of carbonyl (C=O) groups excluding carboxylic acids is 1. The van der Waals surface area contributed by atoms with Crippen molar-refractivity contribution >= 4 is 16.8 Å². The molecule has 0 saturated heterocycles. The molecule has 1 aromatic carbocycles. The zero-order valence-electron chi connectivity index (χ0n) is 14.1. The van der Waals surface area contributed by atoms with E-state index in [1.54, 1.807) is 0 Å². The fourth-order valence-corrected chi connectivity index (χ4v) is 2.98. The largest absolute Gasteiger partial charge is 0.361 e. The van der Waals surface area contributed by atoms with Crippen LogP contribution >= 0.6 is 0 Å². The molecule has 0 bridgehead atoms. The Hall–Kier alpha value is -2.82. The van der Waals surface area contributed by atoms with Gasteiger partial charge >= 0.3 is 0 Å². The molecule has 0 spiro atoms. The number of hydrogen-bond donors (Lipinski definition) is 3. The van der Waals surface area contributed by atoms with Crippen molar-refractivity contribution in [2.45, 2.75) is 33.7 Å². The summed E-state index contributed by atoms with van der Waals surface area (Å²) >= 11 is 0. The average molecular weight is 323 g/mol. The zero-order valence-corrected chi connectivity index (χ0v) is 14.1. The summed E-state index contributed by atoms with van der Waals surface area (Å²) in [5, 5.41) is 3.76. The number of carbonyl (C=O) groups is 1. The van der Waals surface area contributed by atoms with Crippen LogP contribution in [0.2, 0.25) is 0 Å². The molecule has 1 amide bonds. The number of hydrogen-bond acceptors (Lipinski definition) is 2. The first-order valence-electron chi connectivity index (χ1n) is 8.07. The van der Waals surface area contributed by atoms with Crippen LogP contribution in [0.25, 0.3) is 10.9 Å². The highest BCUT2D eigenvalue weighted by Crippen LogP contribution is 2.21. The predicted molar refractivity (Wildman–Crippen MR) is 95.4 cm³/mol. The van der Waals surface area contributed by atoms with Gasteiger partial charge in [0.15, 0.2) is 0 Å². The molecule has 0 atom stereocenters.